The minimum Gasteiger partial charge on any atom is -0.493 e. The van der Waals surface area contributed by atoms with E-state index in [1.54, 1.807) is 45.4 Å². The van der Waals surface area contributed by atoms with Gasteiger partial charge < -0.3 is 28.8 Å². The van der Waals surface area contributed by atoms with Gasteiger partial charge in [0.25, 0.3) is 0 Å². The van der Waals surface area contributed by atoms with E-state index in [-0.39, 0.29) is 19.0 Å². The molecule has 4 atom stereocenters. The number of carbonyl (C=O) groups is 1. The van der Waals surface area contributed by atoms with Gasteiger partial charge in [-0.1, -0.05) is 0 Å². The third kappa shape index (κ3) is 3.02. The molecule has 2 aromatic carbocycles. The maximum absolute atomic E-state index is 13.6. The van der Waals surface area contributed by atoms with Crippen LogP contribution in [-0.2, 0) is 6.42 Å². The summed E-state index contributed by atoms with van der Waals surface area (Å²) in [5.41, 5.74) is 2.02. The fraction of sp³-hybridized carbons (Fsp3) is 0.435. The maximum atomic E-state index is 13.6. The number of benzene rings is 2. The minimum atomic E-state index is -0.935. The molecule has 164 valence electrons. The van der Waals surface area contributed by atoms with Crippen molar-refractivity contribution >= 4 is 17.4 Å². The van der Waals surface area contributed by atoms with Crippen molar-refractivity contribution in [3.63, 3.8) is 0 Å². The fourth-order valence-electron chi connectivity index (χ4n) is 4.50. The number of ketones is 1. The number of alkyl halides is 1. The molecule has 3 aliphatic rings. The molecule has 3 aliphatic heterocycles. The number of aliphatic hydroxyl groups is 1. The molecule has 0 unspecified atom stereocenters. The van der Waals surface area contributed by atoms with E-state index in [4.69, 9.17) is 35.3 Å². The molecule has 0 fully saturated rings. The largest absolute Gasteiger partial charge is 0.493 e. The zero-order chi connectivity index (χ0) is 21.9. The van der Waals surface area contributed by atoms with Crippen LogP contribution in [-0.4, -0.2) is 55.4 Å². The average molecular weight is 447 g/mol. The second-order valence-corrected chi connectivity index (χ2v) is 9.08. The second kappa shape index (κ2) is 7.21. The van der Waals surface area contributed by atoms with Crippen molar-refractivity contribution in [3.8, 4) is 28.7 Å². The molecule has 2 aromatic rings. The Morgan fingerprint density at radius 2 is 1.90 bits per heavy atom. The summed E-state index contributed by atoms with van der Waals surface area (Å²) >= 11 is 6.42. The van der Waals surface area contributed by atoms with Crippen LogP contribution >= 0.6 is 11.6 Å². The highest BCUT2D eigenvalue weighted by Gasteiger charge is 2.47. The number of methoxy groups -OCH3 is 2. The fourth-order valence-corrected chi connectivity index (χ4v) is 4.63. The first-order chi connectivity index (χ1) is 14.9. The van der Waals surface area contributed by atoms with Gasteiger partial charge in [-0.25, -0.2) is 0 Å². The summed E-state index contributed by atoms with van der Waals surface area (Å²) in [5.74, 6) is 2.25. The number of Topliss-reactive ketones (excluding diaryl/α,β-unsaturated/α-hetero) is 1. The molecule has 7 nitrogen and oxygen atoms in total. The molecule has 8 heteroatoms. The maximum Gasteiger partial charge on any atom is 0.178 e. The second-order valence-electron chi connectivity index (χ2n) is 8.22. The van der Waals surface area contributed by atoms with E-state index in [1.807, 2.05) is 0 Å². The molecule has 31 heavy (non-hydrogen) atoms. The van der Waals surface area contributed by atoms with Crippen LogP contribution in [0.3, 0.4) is 0 Å². The summed E-state index contributed by atoms with van der Waals surface area (Å²) in [7, 11) is 3.11. The Hall–Kier alpha value is -2.64. The van der Waals surface area contributed by atoms with Gasteiger partial charge in [-0.15, -0.1) is 11.6 Å². The predicted molar refractivity (Wildman–Crippen MR) is 112 cm³/mol. The van der Waals surface area contributed by atoms with Crippen LogP contribution in [0.15, 0.2) is 24.3 Å². The lowest BCUT2D eigenvalue weighted by molar-refractivity contribution is 0.0554. The zero-order valence-electron chi connectivity index (χ0n) is 17.4. The first kappa shape index (κ1) is 20.3. The summed E-state index contributed by atoms with van der Waals surface area (Å²) in [6.07, 6.45) is -0.444. The predicted octanol–water partition coefficient (Wildman–Crippen LogP) is 3.12. The molecule has 0 spiro atoms. The first-order valence-electron chi connectivity index (χ1n) is 10.1. The van der Waals surface area contributed by atoms with Crippen LogP contribution in [0.1, 0.15) is 34.3 Å². The molecule has 0 amide bonds. The highest BCUT2D eigenvalue weighted by molar-refractivity contribution is 6.24. The number of ether oxygens (including phenoxy) is 5. The van der Waals surface area contributed by atoms with Crippen LogP contribution < -0.4 is 23.7 Å². The van der Waals surface area contributed by atoms with Gasteiger partial charge in [0.05, 0.1) is 32.3 Å². The number of rotatable bonds is 4. The number of aliphatic hydroxyl groups excluding tert-OH is 1. The van der Waals surface area contributed by atoms with E-state index in [9.17, 15) is 9.90 Å². The quantitative estimate of drug-likeness (QED) is 0.722. The average Bonchev–Trinajstić information content (AvgIpc) is 3.23. The molecule has 3 heterocycles. The molecule has 0 aromatic heterocycles. The van der Waals surface area contributed by atoms with Gasteiger partial charge in [-0.3, -0.25) is 4.79 Å². The van der Waals surface area contributed by atoms with Crippen molar-refractivity contribution < 1.29 is 33.6 Å². The van der Waals surface area contributed by atoms with Gasteiger partial charge in [0.2, 0.25) is 0 Å². The van der Waals surface area contributed by atoms with E-state index in [0.29, 0.717) is 46.3 Å². The summed E-state index contributed by atoms with van der Waals surface area (Å²) < 4.78 is 29.0. The summed E-state index contributed by atoms with van der Waals surface area (Å²) in [4.78, 5) is 12.7. The molecule has 0 radical (unpaired) electrons. The SMILES string of the molecule is COc1cc2c(cc1OC)[C@@H]1C(=O)c3ccc4c(c3O[C@@H]1CO2)C[C@@H]([C@](C)(Cl)CO)O4. The molecule has 0 aliphatic carbocycles. The Labute approximate surface area is 184 Å². The lowest BCUT2D eigenvalue weighted by Crippen LogP contribution is -2.43. The molecular formula is C23H23ClO7. The summed E-state index contributed by atoms with van der Waals surface area (Å²) in [5, 5.41) is 9.61. The van der Waals surface area contributed by atoms with Gasteiger partial charge in [-0.05, 0) is 25.1 Å². The Morgan fingerprint density at radius 1 is 1.16 bits per heavy atom. The monoisotopic (exact) mass is 446 g/mol. The molecule has 0 saturated carbocycles. The third-order valence-electron chi connectivity index (χ3n) is 6.30. The van der Waals surface area contributed by atoms with E-state index < -0.39 is 23.0 Å². The van der Waals surface area contributed by atoms with Crippen LogP contribution in [0.2, 0.25) is 0 Å². The van der Waals surface area contributed by atoms with E-state index in [1.165, 1.54) is 0 Å². The van der Waals surface area contributed by atoms with E-state index in [2.05, 4.69) is 0 Å². The Balaban J connectivity index is 1.55. The molecule has 0 bridgehead atoms. The Morgan fingerprint density at radius 3 is 2.61 bits per heavy atom. The van der Waals surface area contributed by atoms with Crippen molar-refractivity contribution in [2.75, 3.05) is 27.4 Å². The van der Waals surface area contributed by atoms with Gasteiger partial charge in [0.15, 0.2) is 17.3 Å². The summed E-state index contributed by atoms with van der Waals surface area (Å²) in [6.45, 7) is 1.74. The molecular weight excluding hydrogens is 424 g/mol. The number of fused-ring (bicyclic) bond motifs is 6. The number of hydrogen-bond donors (Lipinski definition) is 1. The van der Waals surface area contributed by atoms with Gasteiger partial charge >= 0.3 is 0 Å². The van der Waals surface area contributed by atoms with E-state index in [0.717, 1.165) is 5.56 Å². The zero-order valence-corrected chi connectivity index (χ0v) is 18.2. The Bertz CT molecular complexity index is 1060. The topological polar surface area (TPSA) is 83.5 Å². The number of carbonyl (C=O) groups excluding carboxylic acids is 1. The molecule has 1 N–H and O–H groups in total. The highest BCUT2D eigenvalue weighted by Crippen LogP contribution is 2.50. The standard InChI is InChI=1S/C23H23ClO7/c1-23(24,10-25)19-7-13-14(30-19)5-4-11-21(26)20-12-6-16(27-2)17(28-3)8-15(12)29-9-18(20)31-22(11)13/h4-6,8,18-20,25H,7,9-10H2,1-3H3/t18-,19+,20+,23-/m1/s1. The highest BCUT2D eigenvalue weighted by atomic mass is 35.5. The van der Waals surface area contributed by atoms with Crippen molar-refractivity contribution in [2.45, 2.75) is 36.3 Å². The minimum absolute atomic E-state index is 0.0370. The van der Waals surface area contributed by atoms with Crippen LogP contribution in [0.25, 0.3) is 0 Å². The van der Waals surface area contributed by atoms with Gasteiger partial charge in [0, 0.05) is 23.6 Å². The van der Waals surface area contributed by atoms with Crippen molar-refractivity contribution in [1.29, 1.82) is 0 Å². The van der Waals surface area contributed by atoms with Crippen molar-refractivity contribution in [3.05, 3.63) is 41.0 Å². The Kier molecular flexibility index (Phi) is 4.71. The first-order valence-corrected chi connectivity index (χ1v) is 10.5. The smallest absolute Gasteiger partial charge is 0.178 e. The van der Waals surface area contributed by atoms with Gasteiger partial charge in [-0.2, -0.15) is 0 Å². The lowest BCUT2D eigenvalue weighted by atomic mass is 9.81. The third-order valence-corrected chi connectivity index (χ3v) is 6.66. The normalized spacial score (nSPS) is 24.9. The van der Waals surface area contributed by atoms with Crippen LogP contribution in [0.4, 0.5) is 0 Å². The summed E-state index contributed by atoms with van der Waals surface area (Å²) in [6, 6.07) is 7.03. The van der Waals surface area contributed by atoms with E-state index >= 15 is 0 Å². The van der Waals surface area contributed by atoms with Crippen molar-refractivity contribution in [2.24, 2.45) is 0 Å². The number of hydrogen-bond acceptors (Lipinski definition) is 7. The molecule has 5 rings (SSSR count). The molecule has 0 saturated heterocycles. The van der Waals surface area contributed by atoms with Crippen LogP contribution in [0, 0.1) is 0 Å². The lowest BCUT2D eigenvalue weighted by Gasteiger charge is -2.37. The van der Waals surface area contributed by atoms with Gasteiger partial charge in [0.1, 0.15) is 40.9 Å². The number of halogens is 1. The van der Waals surface area contributed by atoms with Crippen molar-refractivity contribution in [1.82, 2.24) is 0 Å². The van der Waals surface area contributed by atoms with Crippen LogP contribution in [0.5, 0.6) is 28.7 Å².